The molecule has 0 aromatic carbocycles. The molecule has 0 aliphatic heterocycles. The lowest BCUT2D eigenvalue weighted by atomic mass is 10.7. The highest BCUT2D eigenvalue weighted by Crippen LogP contribution is 1.86. The van der Waals surface area contributed by atoms with E-state index in [0.717, 1.165) is 0 Å². The molecular formula is C4H9ClN2O4S. The second-order valence-electron chi connectivity index (χ2n) is 1.85. The number of alkyl halides is 1. The highest BCUT2D eigenvalue weighted by atomic mass is 35.5. The van der Waals surface area contributed by atoms with Crippen molar-refractivity contribution in [1.29, 1.82) is 0 Å². The van der Waals surface area contributed by atoms with E-state index in [4.69, 9.17) is 11.6 Å². The Morgan fingerprint density at radius 3 is 2.58 bits per heavy atom. The van der Waals surface area contributed by atoms with Crippen molar-refractivity contribution in [3.05, 3.63) is 0 Å². The molecule has 1 amide bonds. The topological polar surface area (TPSA) is 98.5 Å². The quantitative estimate of drug-likeness (QED) is 0.420. The van der Waals surface area contributed by atoms with Crippen molar-refractivity contribution in [3.8, 4) is 0 Å². The minimum absolute atomic E-state index is 0.0464. The van der Waals surface area contributed by atoms with Gasteiger partial charge in [-0.25, -0.2) is 8.42 Å². The number of rotatable bonds is 6. The van der Waals surface area contributed by atoms with Crippen LogP contribution in [0.15, 0.2) is 0 Å². The van der Waals surface area contributed by atoms with E-state index < -0.39 is 22.5 Å². The Kier molecular flexibility index (Phi) is 5.14. The number of hydrogen-bond acceptors (Lipinski definition) is 4. The average Bonchev–Trinajstić information content (AvgIpc) is 1.85. The molecule has 0 aliphatic carbocycles. The Morgan fingerprint density at radius 1 is 1.58 bits per heavy atom. The van der Waals surface area contributed by atoms with E-state index in [-0.39, 0.29) is 11.6 Å². The number of nitrogens with one attached hydrogen (secondary N) is 1. The van der Waals surface area contributed by atoms with Crippen LogP contribution < -0.4 is 10.6 Å². The molecule has 0 aromatic heterocycles. The predicted octanol–water partition coefficient (Wildman–Crippen LogP) is -1.44. The molecule has 0 unspecified atom stereocenters. The van der Waals surface area contributed by atoms with Gasteiger partial charge in [0.05, 0.1) is 5.75 Å². The maximum absolute atomic E-state index is 10.7. The monoisotopic (exact) mass is 216 g/mol. The fraction of sp³-hybridized carbons (Fsp3) is 0.750. The zero-order valence-corrected chi connectivity index (χ0v) is 7.69. The first kappa shape index (κ1) is 11.6. The maximum Gasteiger partial charge on any atom is 0.245 e. The third-order valence-corrected chi connectivity index (χ3v) is 2.27. The second kappa shape index (κ2) is 5.31. The van der Waals surface area contributed by atoms with Crippen molar-refractivity contribution >= 4 is 27.5 Å². The van der Waals surface area contributed by atoms with Gasteiger partial charge in [0.25, 0.3) is 0 Å². The van der Waals surface area contributed by atoms with E-state index in [1.807, 2.05) is 0 Å². The number of carbonyl (C=O) groups is 1. The van der Waals surface area contributed by atoms with E-state index in [1.165, 1.54) is 0 Å². The highest BCUT2D eigenvalue weighted by molar-refractivity contribution is 7.89. The van der Waals surface area contributed by atoms with Gasteiger partial charge < -0.3 is 5.73 Å². The summed E-state index contributed by atoms with van der Waals surface area (Å²) in [6.07, 6.45) is 0. The summed E-state index contributed by atoms with van der Waals surface area (Å²) in [5.41, 5.74) is 4.67. The van der Waals surface area contributed by atoms with Gasteiger partial charge in [-0.3, -0.25) is 9.63 Å². The van der Waals surface area contributed by atoms with Gasteiger partial charge in [0.2, 0.25) is 15.9 Å². The van der Waals surface area contributed by atoms with Gasteiger partial charge >= 0.3 is 0 Å². The Hall–Kier alpha value is -0.370. The average molecular weight is 217 g/mol. The number of carbonyl (C=O) groups excluding carboxylic acids is 1. The predicted molar refractivity (Wildman–Crippen MR) is 42.8 cm³/mol. The van der Waals surface area contributed by atoms with E-state index in [9.17, 15) is 13.2 Å². The van der Waals surface area contributed by atoms with Crippen LogP contribution in [0.25, 0.3) is 0 Å². The first-order chi connectivity index (χ1) is 5.48. The number of primary amides is 1. The zero-order valence-electron chi connectivity index (χ0n) is 6.12. The minimum Gasteiger partial charge on any atom is -0.368 e. The first-order valence-electron chi connectivity index (χ1n) is 2.93. The lowest BCUT2D eigenvalue weighted by Crippen LogP contribution is -2.31. The summed E-state index contributed by atoms with van der Waals surface area (Å²) >= 11 is 5.16. The van der Waals surface area contributed by atoms with Crippen molar-refractivity contribution in [2.24, 2.45) is 5.73 Å². The Balaban J connectivity index is 3.69. The van der Waals surface area contributed by atoms with Gasteiger partial charge in [-0.15, -0.1) is 11.6 Å². The molecule has 0 atom stereocenters. The smallest absolute Gasteiger partial charge is 0.245 e. The van der Waals surface area contributed by atoms with Crippen LogP contribution in [0.4, 0.5) is 0 Å². The second-order valence-corrected chi connectivity index (χ2v) is 4.03. The van der Waals surface area contributed by atoms with Crippen LogP contribution in [0, 0.1) is 0 Å². The lowest BCUT2D eigenvalue weighted by molar-refractivity contribution is -0.123. The number of amides is 1. The Labute approximate surface area is 75.0 Å². The third-order valence-electron chi connectivity index (χ3n) is 0.746. The largest absolute Gasteiger partial charge is 0.368 e. The van der Waals surface area contributed by atoms with Crippen LogP contribution >= 0.6 is 11.6 Å². The standard InChI is InChI=1S/C4H9ClN2O4S/c5-1-2-12(9,10)7-11-3-4(6)8/h7H,1-3H2,(H2,6,8). The Morgan fingerprint density at radius 2 is 2.17 bits per heavy atom. The highest BCUT2D eigenvalue weighted by Gasteiger charge is 2.08. The van der Waals surface area contributed by atoms with Crippen LogP contribution in [0.3, 0.4) is 0 Å². The molecule has 0 spiro atoms. The van der Waals surface area contributed by atoms with E-state index in [0.29, 0.717) is 0 Å². The lowest BCUT2D eigenvalue weighted by Gasteiger charge is -2.02. The summed E-state index contributed by atoms with van der Waals surface area (Å²) in [5, 5.41) is 0. The van der Waals surface area contributed by atoms with Gasteiger partial charge in [0, 0.05) is 5.88 Å². The molecule has 6 nitrogen and oxygen atoms in total. The molecular weight excluding hydrogens is 208 g/mol. The zero-order chi connectivity index (χ0) is 9.61. The summed E-state index contributed by atoms with van der Waals surface area (Å²) in [6, 6.07) is 0. The summed E-state index contributed by atoms with van der Waals surface area (Å²) < 4.78 is 21.5. The summed E-state index contributed by atoms with van der Waals surface area (Å²) in [4.78, 5) is 16.0. The minimum atomic E-state index is -3.54. The molecule has 0 rings (SSSR count). The molecule has 0 bridgehead atoms. The molecule has 8 heteroatoms. The SMILES string of the molecule is NC(=O)CONS(=O)(=O)CCCl. The fourth-order valence-electron chi connectivity index (χ4n) is 0.334. The molecule has 3 N–H and O–H groups in total. The summed E-state index contributed by atoms with van der Waals surface area (Å²) in [6.45, 7) is -0.498. The van der Waals surface area contributed by atoms with E-state index in [2.05, 4.69) is 10.6 Å². The van der Waals surface area contributed by atoms with Gasteiger partial charge in [-0.2, -0.15) is 0 Å². The number of hydrogen-bond donors (Lipinski definition) is 2. The molecule has 12 heavy (non-hydrogen) atoms. The van der Waals surface area contributed by atoms with Crippen LogP contribution in [-0.2, 0) is 19.7 Å². The molecule has 72 valence electrons. The first-order valence-corrected chi connectivity index (χ1v) is 5.12. The molecule has 0 fully saturated rings. The van der Waals surface area contributed by atoms with Crippen molar-refractivity contribution in [2.45, 2.75) is 0 Å². The van der Waals surface area contributed by atoms with Gasteiger partial charge in [-0.1, -0.05) is 4.89 Å². The van der Waals surface area contributed by atoms with Crippen LogP contribution in [0.5, 0.6) is 0 Å². The van der Waals surface area contributed by atoms with Gasteiger partial charge in [0.15, 0.2) is 0 Å². The summed E-state index contributed by atoms with van der Waals surface area (Å²) in [7, 11) is -3.54. The number of nitrogens with two attached hydrogens (primary N) is 1. The summed E-state index contributed by atoms with van der Waals surface area (Å²) in [5.74, 6) is -1.08. The van der Waals surface area contributed by atoms with E-state index in [1.54, 1.807) is 4.89 Å². The molecule has 0 aromatic rings. The Bertz CT molecular complexity index is 239. The normalized spacial score (nSPS) is 11.4. The van der Waals surface area contributed by atoms with E-state index >= 15 is 0 Å². The van der Waals surface area contributed by atoms with Crippen molar-refractivity contribution in [2.75, 3.05) is 18.2 Å². The molecule has 0 heterocycles. The number of sulfonamides is 1. The third kappa shape index (κ3) is 6.35. The number of halogens is 1. The van der Waals surface area contributed by atoms with Crippen LogP contribution in [0.2, 0.25) is 0 Å². The molecule has 0 radical (unpaired) electrons. The van der Waals surface area contributed by atoms with Crippen molar-refractivity contribution < 1.29 is 18.0 Å². The van der Waals surface area contributed by atoms with Crippen molar-refractivity contribution in [1.82, 2.24) is 4.89 Å². The molecule has 0 saturated carbocycles. The molecule has 0 saturated heterocycles. The fourth-order valence-corrected chi connectivity index (χ4v) is 1.47. The maximum atomic E-state index is 10.7. The van der Waals surface area contributed by atoms with Gasteiger partial charge in [0.1, 0.15) is 6.61 Å². The van der Waals surface area contributed by atoms with Crippen molar-refractivity contribution in [3.63, 3.8) is 0 Å². The molecule has 0 aliphatic rings. The van der Waals surface area contributed by atoms with Gasteiger partial charge in [-0.05, 0) is 0 Å². The van der Waals surface area contributed by atoms with Crippen LogP contribution in [-0.4, -0.2) is 32.6 Å². The van der Waals surface area contributed by atoms with Crippen LogP contribution in [0.1, 0.15) is 0 Å².